The lowest BCUT2D eigenvalue weighted by Gasteiger charge is -2.38. The molecular formula is C24H28ClF3N6O2. The van der Waals surface area contributed by atoms with E-state index in [1.807, 2.05) is 6.07 Å². The van der Waals surface area contributed by atoms with Crippen LogP contribution < -0.4 is 9.64 Å². The quantitative estimate of drug-likeness (QED) is 0.510. The van der Waals surface area contributed by atoms with Crippen LogP contribution in [0.4, 0.5) is 18.9 Å². The van der Waals surface area contributed by atoms with Crippen molar-refractivity contribution in [2.24, 2.45) is 17.8 Å². The normalized spacial score (nSPS) is 23.3. The van der Waals surface area contributed by atoms with Gasteiger partial charge in [-0.2, -0.15) is 22.8 Å². The van der Waals surface area contributed by atoms with Crippen molar-refractivity contribution in [3.05, 3.63) is 40.9 Å². The predicted octanol–water partition coefficient (Wildman–Crippen LogP) is 4.43. The number of ether oxygens (including phenoxy) is 1. The molecule has 0 amide bonds. The maximum atomic E-state index is 13.2. The van der Waals surface area contributed by atoms with Crippen molar-refractivity contribution in [2.45, 2.75) is 57.9 Å². The Kier molecular flexibility index (Phi) is 6.27. The fraction of sp³-hybridized carbons (Fsp3) is 0.583. The van der Waals surface area contributed by atoms with E-state index in [4.69, 9.17) is 16.3 Å². The number of fused-ring (bicyclic) bond motifs is 3. The Morgan fingerprint density at radius 2 is 1.89 bits per heavy atom. The fourth-order valence-electron chi connectivity index (χ4n) is 5.48. The number of nitrogens with zero attached hydrogens (tertiary/aromatic N) is 6. The number of rotatable bonds is 6. The van der Waals surface area contributed by atoms with Gasteiger partial charge in [-0.05, 0) is 57.4 Å². The van der Waals surface area contributed by atoms with Gasteiger partial charge in [0, 0.05) is 37.2 Å². The average Bonchev–Trinajstić information content (AvgIpc) is 3.29. The molecule has 12 heteroatoms. The van der Waals surface area contributed by atoms with E-state index in [1.165, 1.54) is 10.6 Å². The summed E-state index contributed by atoms with van der Waals surface area (Å²) in [4.78, 5) is 6.96. The molecule has 1 saturated carbocycles. The minimum atomic E-state index is -4.52. The number of anilines is 1. The minimum absolute atomic E-state index is 0.0681. The lowest BCUT2D eigenvalue weighted by molar-refractivity contribution is -0.190. The van der Waals surface area contributed by atoms with Gasteiger partial charge < -0.3 is 14.7 Å². The first-order valence-corrected chi connectivity index (χ1v) is 12.4. The Labute approximate surface area is 211 Å². The number of hydrogen-bond donors (Lipinski definition) is 1. The van der Waals surface area contributed by atoms with Crippen molar-refractivity contribution in [3.8, 4) is 5.88 Å². The molecule has 4 heterocycles. The van der Waals surface area contributed by atoms with Gasteiger partial charge in [0.25, 0.3) is 0 Å². The number of alkyl halides is 3. The summed E-state index contributed by atoms with van der Waals surface area (Å²) in [6.07, 6.45) is -2.06. The summed E-state index contributed by atoms with van der Waals surface area (Å²) < 4.78 is 46.0. The van der Waals surface area contributed by atoms with E-state index in [1.54, 1.807) is 26.1 Å². The standard InChI is InChI=1S/C24H28ClF3N6O2/c1-13(24(26,27)28)36-21-7-6-18(23(2,3)35)22-30-20(32-34(21)22)9-17-14-4-5-15(17)12-33(11-14)16-8-19(25)31-29-10-16/h6-8,10,13-15,17,35H,4-5,9,11-12H2,1-3H3/t13-,14-,15+,17?/m0/s1. The molecule has 0 radical (unpaired) electrons. The highest BCUT2D eigenvalue weighted by Gasteiger charge is 2.43. The van der Waals surface area contributed by atoms with E-state index in [2.05, 4.69) is 25.2 Å². The molecule has 36 heavy (non-hydrogen) atoms. The zero-order chi connectivity index (χ0) is 25.8. The van der Waals surface area contributed by atoms with Crippen molar-refractivity contribution < 1.29 is 23.0 Å². The van der Waals surface area contributed by atoms with Crippen molar-refractivity contribution in [1.29, 1.82) is 0 Å². The maximum absolute atomic E-state index is 13.2. The first kappa shape index (κ1) is 25.0. The van der Waals surface area contributed by atoms with Crippen LogP contribution in [0.5, 0.6) is 5.88 Å². The summed E-state index contributed by atoms with van der Waals surface area (Å²) in [7, 11) is 0. The largest absolute Gasteiger partial charge is 0.465 e. The smallest absolute Gasteiger partial charge is 0.425 e. The first-order chi connectivity index (χ1) is 16.9. The van der Waals surface area contributed by atoms with Gasteiger partial charge in [-0.25, -0.2) is 4.98 Å². The SMILES string of the molecule is C[C@H](Oc1ccc(C(C)(C)O)c2nc(CC3[C@@H]4CC[C@H]3CN(c3cnnc(Cl)c3)C4)nn12)C(F)(F)F. The molecule has 194 valence electrons. The highest BCUT2D eigenvalue weighted by molar-refractivity contribution is 6.29. The molecule has 0 spiro atoms. The van der Waals surface area contributed by atoms with Crippen LogP contribution in [-0.4, -0.2) is 55.3 Å². The number of halogens is 4. The van der Waals surface area contributed by atoms with Crippen LogP contribution in [0.3, 0.4) is 0 Å². The van der Waals surface area contributed by atoms with Gasteiger partial charge in [-0.15, -0.1) is 10.2 Å². The molecule has 4 atom stereocenters. The van der Waals surface area contributed by atoms with Crippen molar-refractivity contribution in [1.82, 2.24) is 24.8 Å². The van der Waals surface area contributed by atoms with Crippen LogP contribution in [0.15, 0.2) is 24.4 Å². The zero-order valence-electron chi connectivity index (χ0n) is 20.2. The van der Waals surface area contributed by atoms with Crippen LogP contribution in [0, 0.1) is 17.8 Å². The van der Waals surface area contributed by atoms with E-state index in [0.29, 0.717) is 46.4 Å². The topological polar surface area (TPSA) is 88.7 Å². The molecule has 1 aliphatic carbocycles. The van der Waals surface area contributed by atoms with Gasteiger partial charge >= 0.3 is 6.18 Å². The Morgan fingerprint density at radius 1 is 1.19 bits per heavy atom. The van der Waals surface area contributed by atoms with Crippen LogP contribution in [0.2, 0.25) is 5.15 Å². The van der Waals surface area contributed by atoms with Crippen LogP contribution in [-0.2, 0) is 12.0 Å². The molecule has 0 aromatic carbocycles. The van der Waals surface area contributed by atoms with E-state index >= 15 is 0 Å². The molecule has 2 bridgehead atoms. The minimum Gasteiger partial charge on any atom is -0.465 e. The van der Waals surface area contributed by atoms with Gasteiger partial charge in [-0.1, -0.05) is 11.6 Å². The molecular weight excluding hydrogens is 497 g/mol. The van der Waals surface area contributed by atoms with Crippen LogP contribution in [0.1, 0.15) is 45.0 Å². The highest BCUT2D eigenvalue weighted by Crippen LogP contribution is 2.44. The van der Waals surface area contributed by atoms with E-state index in [0.717, 1.165) is 38.5 Å². The molecule has 1 saturated heterocycles. The highest BCUT2D eigenvalue weighted by atomic mass is 35.5. The number of aromatic nitrogens is 5. The number of hydrogen-bond acceptors (Lipinski definition) is 7. The molecule has 1 N–H and O–H groups in total. The second-order valence-electron chi connectivity index (χ2n) is 10.3. The second-order valence-corrected chi connectivity index (χ2v) is 10.7. The molecule has 3 aromatic heterocycles. The summed E-state index contributed by atoms with van der Waals surface area (Å²) in [5.41, 5.74) is 0.454. The van der Waals surface area contributed by atoms with E-state index in [9.17, 15) is 18.3 Å². The van der Waals surface area contributed by atoms with Crippen LogP contribution in [0.25, 0.3) is 5.65 Å². The number of aliphatic hydroxyl groups is 1. The summed E-state index contributed by atoms with van der Waals surface area (Å²) in [5, 5.41) is 23.3. The monoisotopic (exact) mass is 524 g/mol. The Balaban J connectivity index is 1.42. The lowest BCUT2D eigenvalue weighted by Crippen LogP contribution is -2.42. The lowest BCUT2D eigenvalue weighted by atomic mass is 9.82. The third-order valence-corrected chi connectivity index (χ3v) is 7.52. The summed E-state index contributed by atoms with van der Waals surface area (Å²) in [6.45, 7) is 5.86. The van der Waals surface area contributed by atoms with Crippen molar-refractivity contribution >= 4 is 22.9 Å². The fourth-order valence-corrected chi connectivity index (χ4v) is 5.63. The Morgan fingerprint density at radius 3 is 2.50 bits per heavy atom. The predicted molar refractivity (Wildman–Crippen MR) is 127 cm³/mol. The molecule has 2 fully saturated rings. The number of pyridine rings is 1. The first-order valence-electron chi connectivity index (χ1n) is 12.0. The molecule has 8 nitrogen and oxygen atoms in total. The van der Waals surface area contributed by atoms with E-state index in [-0.39, 0.29) is 5.88 Å². The van der Waals surface area contributed by atoms with Gasteiger partial charge in [0.2, 0.25) is 5.88 Å². The van der Waals surface area contributed by atoms with Crippen molar-refractivity contribution in [3.63, 3.8) is 0 Å². The average molecular weight is 525 g/mol. The zero-order valence-corrected chi connectivity index (χ0v) is 21.0. The summed E-state index contributed by atoms with van der Waals surface area (Å²) in [5.74, 6) is 1.63. The van der Waals surface area contributed by atoms with Gasteiger partial charge in [-0.3, -0.25) is 0 Å². The van der Waals surface area contributed by atoms with Crippen LogP contribution >= 0.6 is 11.6 Å². The Hall–Kier alpha value is -2.66. The van der Waals surface area contributed by atoms with Gasteiger partial charge in [0.05, 0.1) is 17.5 Å². The van der Waals surface area contributed by atoms with Gasteiger partial charge in [0.1, 0.15) is 0 Å². The van der Waals surface area contributed by atoms with Crippen molar-refractivity contribution in [2.75, 3.05) is 18.0 Å². The Bertz CT molecular complexity index is 1250. The van der Waals surface area contributed by atoms with Gasteiger partial charge in [0.15, 0.2) is 22.7 Å². The molecule has 1 aliphatic heterocycles. The molecule has 1 unspecified atom stereocenters. The third-order valence-electron chi connectivity index (χ3n) is 7.33. The summed E-state index contributed by atoms with van der Waals surface area (Å²) >= 11 is 6.03. The molecule has 3 aromatic rings. The molecule has 2 aliphatic rings. The molecule has 5 rings (SSSR count). The van der Waals surface area contributed by atoms with E-state index < -0.39 is 17.9 Å². The number of piperidine rings is 1. The third kappa shape index (κ3) is 4.82. The second kappa shape index (κ2) is 9.02. The maximum Gasteiger partial charge on any atom is 0.425 e. The summed E-state index contributed by atoms with van der Waals surface area (Å²) in [6, 6.07) is 4.76.